The summed E-state index contributed by atoms with van der Waals surface area (Å²) in [7, 11) is 0. The van der Waals surface area contributed by atoms with Gasteiger partial charge in [-0.15, -0.1) is 11.3 Å². The topological polar surface area (TPSA) is 61.7 Å². The van der Waals surface area contributed by atoms with Crippen LogP contribution in [-0.2, 0) is 0 Å². The first-order valence-electron chi connectivity index (χ1n) is 8.43. The molecule has 0 amide bonds. The van der Waals surface area contributed by atoms with Crippen molar-refractivity contribution < 1.29 is 4.39 Å². The largest absolute Gasteiger partial charge is 0.381 e. The highest BCUT2D eigenvalue weighted by atomic mass is 32.1. The lowest BCUT2D eigenvalue weighted by Gasteiger charge is -2.17. The fraction of sp³-hybridized carbons (Fsp3) is 0.250. The molecule has 1 atom stereocenters. The number of hydrogen-bond donors (Lipinski definition) is 2. The summed E-state index contributed by atoms with van der Waals surface area (Å²) in [5.74, 6) is 0.361. The lowest BCUT2D eigenvalue weighted by molar-refractivity contribution is 0.377. The molecule has 0 spiro atoms. The second-order valence-electron chi connectivity index (χ2n) is 6.10. The Morgan fingerprint density at radius 1 is 1.38 bits per heavy atom. The highest BCUT2D eigenvalue weighted by Crippen LogP contribution is 2.27. The van der Waals surface area contributed by atoms with Crippen molar-refractivity contribution >= 4 is 22.7 Å². The summed E-state index contributed by atoms with van der Waals surface area (Å²) >= 11 is 1.70. The van der Waals surface area contributed by atoms with Crippen LogP contribution in [0.3, 0.4) is 0 Å². The van der Waals surface area contributed by atoms with Crippen molar-refractivity contribution in [2.24, 2.45) is 0 Å². The van der Waals surface area contributed by atoms with Gasteiger partial charge in [-0.25, -0.2) is 14.4 Å². The Morgan fingerprint density at radius 2 is 2.15 bits per heavy atom. The van der Waals surface area contributed by atoms with E-state index in [1.54, 1.807) is 35.9 Å². The predicted molar refractivity (Wildman–Crippen MR) is 105 cm³/mol. The number of halogens is 1. The van der Waals surface area contributed by atoms with Crippen molar-refractivity contribution in [3.8, 4) is 0 Å². The Labute approximate surface area is 156 Å². The van der Waals surface area contributed by atoms with Crippen LogP contribution in [0.4, 0.5) is 4.39 Å². The number of alkyl halides is 1. The average Bonchev–Trinajstić information content (AvgIpc) is 2.98. The van der Waals surface area contributed by atoms with Gasteiger partial charge in [0.1, 0.15) is 11.9 Å². The smallest absolute Gasteiger partial charge is 0.177 e. The van der Waals surface area contributed by atoms with Crippen molar-refractivity contribution in [1.82, 2.24) is 15.3 Å². The Hall–Kier alpha value is -2.60. The predicted octanol–water partition coefficient (Wildman–Crippen LogP) is 4.38. The third kappa shape index (κ3) is 4.32. The van der Waals surface area contributed by atoms with Gasteiger partial charge in [0.2, 0.25) is 0 Å². The molecule has 0 fully saturated rings. The molecule has 1 unspecified atom stereocenters. The van der Waals surface area contributed by atoms with Gasteiger partial charge in [-0.2, -0.15) is 0 Å². The van der Waals surface area contributed by atoms with Crippen LogP contribution in [0, 0.1) is 19.3 Å². The molecule has 0 aliphatic heterocycles. The molecule has 2 heterocycles. The van der Waals surface area contributed by atoms with Crippen molar-refractivity contribution in [2.75, 3.05) is 6.54 Å². The minimum Gasteiger partial charge on any atom is -0.381 e. The molecule has 1 aliphatic carbocycles. The van der Waals surface area contributed by atoms with Gasteiger partial charge in [-0.05, 0) is 37.6 Å². The second kappa shape index (κ2) is 8.19. The van der Waals surface area contributed by atoms with E-state index < -0.39 is 6.17 Å². The maximum atomic E-state index is 14.1. The molecule has 2 aromatic rings. The monoisotopic (exact) mass is 368 g/mol. The lowest BCUT2D eigenvalue weighted by Crippen LogP contribution is -2.22. The van der Waals surface area contributed by atoms with E-state index in [0.717, 1.165) is 16.1 Å². The minimum absolute atomic E-state index is 0.214. The number of aromatic nitrogens is 2. The van der Waals surface area contributed by atoms with Gasteiger partial charge in [0.05, 0.1) is 0 Å². The van der Waals surface area contributed by atoms with E-state index in [1.165, 1.54) is 4.88 Å². The summed E-state index contributed by atoms with van der Waals surface area (Å²) in [5.41, 5.74) is 2.73. The molecular formula is C20H21FN4S. The molecule has 26 heavy (non-hydrogen) atoms. The van der Waals surface area contributed by atoms with Crippen molar-refractivity contribution in [2.45, 2.75) is 26.4 Å². The number of rotatable bonds is 6. The number of hydrogen-bond acceptors (Lipinski definition) is 5. The molecule has 0 saturated carbocycles. The standard InChI is InChI=1S/C20H21FN4S/c1-13-10-16(14(2)26-13)19(11-18(22)20-23-8-5-9-24-20)25-12-15-6-3-4-7-17(15)21/h3-6,8-11,17,22,25H,7,12H2,1-2H3/b19-11-,22-18?. The van der Waals surface area contributed by atoms with Crippen LogP contribution in [0.1, 0.15) is 27.6 Å². The molecular weight excluding hydrogens is 347 g/mol. The molecule has 134 valence electrons. The summed E-state index contributed by atoms with van der Waals surface area (Å²) in [4.78, 5) is 10.6. The van der Waals surface area contributed by atoms with Gasteiger partial charge in [0.25, 0.3) is 0 Å². The summed E-state index contributed by atoms with van der Waals surface area (Å²) in [6, 6.07) is 3.80. The van der Waals surface area contributed by atoms with E-state index in [-0.39, 0.29) is 5.71 Å². The van der Waals surface area contributed by atoms with Crippen LogP contribution in [0.2, 0.25) is 0 Å². The van der Waals surface area contributed by atoms with E-state index in [0.29, 0.717) is 24.4 Å². The van der Waals surface area contributed by atoms with E-state index in [2.05, 4.69) is 28.3 Å². The zero-order valence-corrected chi connectivity index (χ0v) is 15.6. The van der Waals surface area contributed by atoms with Crippen molar-refractivity contribution in [3.05, 3.63) is 75.5 Å². The molecule has 0 bridgehead atoms. The Morgan fingerprint density at radius 3 is 2.81 bits per heavy atom. The van der Waals surface area contributed by atoms with Crippen LogP contribution < -0.4 is 5.32 Å². The highest BCUT2D eigenvalue weighted by Gasteiger charge is 2.16. The van der Waals surface area contributed by atoms with Crippen LogP contribution in [0.5, 0.6) is 0 Å². The molecule has 0 saturated heterocycles. The number of aryl methyl sites for hydroxylation is 2. The van der Waals surface area contributed by atoms with Gasteiger partial charge < -0.3 is 5.32 Å². The summed E-state index contributed by atoms with van der Waals surface area (Å²) in [5, 5.41) is 11.6. The molecule has 2 N–H and O–H groups in total. The molecule has 0 aromatic carbocycles. The fourth-order valence-electron chi connectivity index (χ4n) is 2.78. The third-order valence-electron chi connectivity index (χ3n) is 4.10. The summed E-state index contributed by atoms with van der Waals surface area (Å²) in [6.07, 6.45) is 9.94. The average molecular weight is 368 g/mol. The molecule has 2 aromatic heterocycles. The Kier molecular flexibility index (Phi) is 5.73. The number of nitrogens with zero attached hydrogens (tertiary/aromatic N) is 2. The van der Waals surface area contributed by atoms with Gasteiger partial charge in [-0.1, -0.05) is 18.2 Å². The maximum absolute atomic E-state index is 14.1. The first kappa shape index (κ1) is 18.2. The lowest BCUT2D eigenvalue weighted by atomic mass is 10.0. The fourth-order valence-corrected chi connectivity index (χ4v) is 3.72. The summed E-state index contributed by atoms with van der Waals surface area (Å²) in [6.45, 7) is 4.50. The first-order valence-corrected chi connectivity index (χ1v) is 9.25. The zero-order chi connectivity index (χ0) is 18.5. The van der Waals surface area contributed by atoms with Gasteiger partial charge in [-0.3, -0.25) is 5.41 Å². The van der Waals surface area contributed by atoms with Crippen LogP contribution in [0.15, 0.2) is 54.4 Å². The van der Waals surface area contributed by atoms with Crippen LogP contribution in [0.25, 0.3) is 5.70 Å². The zero-order valence-electron chi connectivity index (χ0n) is 14.8. The number of nitrogens with one attached hydrogen (secondary N) is 2. The second-order valence-corrected chi connectivity index (χ2v) is 7.56. The van der Waals surface area contributed by atoms with E-state index in [4.69, 9.17) is 5.41 Å². The van der Waals surface area contributed by atoms with E-state index >= 15 is 0 Å². The van der Waals surface area contributed by atoms with E-state index in [1.807, 2.05) is 25.2 Å². The maximum Gasteiger partial charge on any atom is 0.177 e. The summed E-state index contributed by atoms with van der Waals surface area (Å²) < 4.78 is 14.1. The third-order valence-corrected chi connectivity index (χ3v) is 5.07. The van der Waals surface area contributed by atoms with Crippen molar-refractivity contribution in [3.63, 3.8) is 0 Å². The molecule has 3 rings (SSSR count). The van der Waals surface area contributed by atoms with Gasteiger partial charge in [0, 0.05) is 46.4 Å². The SMILES string of the molecule is Cc1cc(/C(=C/C(=N)c2ncccn2)NCC2=CC=CCC2F)c(C)s1. The Bertz CT molecular complexity index is 880. The van der Waals surface area contributed by atoms with Crippen LogP contribution >= 0.6 is 11.3 Å². The molecule has 6 heteroatoms. The van der Waals surface area contributed by atoms with Crippen LogP contribution in [-0.4, -0.2) is 28.4 Å². The van der Waals surface area contributed by atoms with Gasteiger partial charge in [0.15, 0.2) is 5.82 Å². The number of thiophene rings is 1. The van der Waals surface area contributed by atoms with Gasteiger partial charge >= 0.3 is 0 Å². The molecule has 4 nitrogen and oxygen atoms in total. The number of allylic oxidation sites excluding steroid dienone is 4. The highest BCUT2D eigenvalue weighted by molar-refractivity contribution is 7.12. The minimum atomic E-state index is -0.962. The molecule has 1 aliphatic rings. The molecule has 0 radical (unpaired) electrons. The van der Waals surface area contributed by atoms with Crippen molar-refractivity contribution in [1.29, 1.82) is 5.41 Å². The quantitative estimate of drug-likeness (QED) is 0.744. The first-order chi connectivity index (χ1) is 12.5. The normalized spacial score (nSPS) is 17.1. The Balaban J connectivity index is 1.88. The van der Waals surface area contributed by atoms with E-state index in [9.17, 15) is 4.39 Å².